The number of benzene rings is 5. The third kappa shape index (κ3) is 2.39. The maximum Gasteiger partial charge on any atom is 0.138 e. The van der Waals surface area contributed by atoms with Crippen LogP contribution >= 0.6 is 0 Å². The lowest BCUT2D eigenvalue weighted by atomic mass is 9.85. The van der Waals surface area contributed by atoms with Crippen LogP contribution in [0, 0.1) is 6.92 Å². The minimum absolute atomic E-state index is 0.951. The van der Waals surface area contributed by atoms with Gasteiger partial charge >= 0.3 is 0 Å². The molecule has 1 nitrogen and oxygen atoms in total. The van der Waals surface area contributed by atoms with Crippen molar-refractivity contribution in [3.05, 3.63) is 102 Å². The van der Waals surface area contributed by atoms with E-state index < -0.39 is 0 Å². The largest absolute Gasteiger partial charge is 0.456 e. The Hall–Kier alpha value is -3.84. The monoisotopic (exact) mass is 410 g/mol. The number of hydrogen-bond donors (Lipinski definition) is 0. The number of aryl methyl sites for hydroxylation is 2. The average Bonchev–Trinajstić information content (AvgIpc) is 3.25. The summed E-state index contributed by atoms with van der Waals surface area (Å²) in [5.41, 5.74) is 8.48. The van der Waals surface area contributed by atoms with E-state index in [1.165, 1.54) is 60.1 Å². The predicted octanol–water partition coefficient (Wildman–Crippen LogP) is 8.83. The van der Waals surface area contributed by atoms with Gasteiger partial charge in [-0.05, 0) is 81.3 Å². The number of furan rings is 1. The van der Waals surface area contributed by atoms with Gasteiger partial charge in [-0.3, -0.25) is 0 Å². The lowest BCUT2D eigenvalue weighted by molar-refractivity contribution is 0.666. The van der Waals surface area contributed by atoms with E-state index in [4.69, 9.17) is 4.42 Å². The van der Waals surface area contributed by atoms with Gasteiger partial charge in [-0.15, -0.1) is 0 Å². The van der Waals surface area contributed by atoms with Crippen LogP contribution in [0.25, 0.3) is 60.7 Å². The van der Waals surface area contributed by atoms with Crippen LogP contribution in [0.4, 0.5) is 0 Å². The molecule has 0 spiro atoms. The molecule has 1 aromatic heterocycles. The molecule has 6 aromatic rings. The Morgan fingerprint density at radius 2 is 1.50 bits per heavy atom. The van der Waals surface area contributed by atoms with E-state index >= 15 is 0 Å². The first-order valence-corrected chi connectivity index (χ1v) is 11.3. The van der Waals surface area contributed by atoms with Gasteiger partial charge in [0.05, 0.1) is 0 Å². The number of fused-ring (bicyclic) bond motifs is 9. The van der Waals surface area contributed by atoms with Gasteiger partial charge in [0.1, 0.15) is 11.2 Å². The summed E-state index contributed by atoms with van der Waals surface area (Å²) in [6.07, 6.45) is 6.83. The molecule has 1 heterocycles. The molecule has 0 unspecified atom stereocenters. The first kappa shape index (κ1) is 17.8. The SMILES string of the molecule is Cc1ccc(-c2ccc3c(c2)c2c(c4ccccc43)C=CCC2)c2c1oc1ccccc12. The second kappa shape index (κ2) is 6.58. The molecule has 0 amide bonds. The van der Waals surface area contributed by atoms with E-state index in [-0.39, 0.29) is 0 Å². The molecule has 0 atom stereocenters. The summed E-state index contributed by atoms with van der Waals surface area (Å²) in [5.74, 6) is 0. The van der Waals surface area contributed by atoms with Crippen LogP contribution in [0.5, 0.6) is 0 Å². The Bertz CT molecular complexity index is 1730. The average molecular weight is 411 g/mol. The van der Waals surface area contributed by atoms with E-state index in [0.717, 1.165) is 24.0 Å². The number of allylic oxidation sites excluding steroid dienone is 1. The number of rotatable bonds is 1. The molecule has 1 heteroatoms. The highest BCUT2D eigenvalue weighted by atomic mass is 16.3. The van der Waals surface area contributed by atoms with Crippen LogP contribution in [-0.2, 0) is 6.42 Å². The smallest absolute Gasteiger partial charge is 0.138 e. The lowest BCUT2D eigenvalue weighted by Crippen LogP contribution is -1.98. The van der Waals surface area contributed by atoms with Crippen molar-refractivity contribution >= 4 is 49.6 Å². The first-order valence-electron chi connectivity index (χ1n) is 11.3. The van der Waals surface area contributed by atoms with E-state index in [0.29, 0.717) is 0 Å². The second-order valence-electron chi connectivity index (χ2n) is 8.87. The summed E-state index contributed by atoms with van der Waals surface area (Å²) in [6, 6.07) is 28.6. The maximum absolute atomic E-state index is 6.27. The van der Waals surface area contributed by atoms with Crippen molar-refractivity contribution in [1.29, 1.82) is 0 Å². The van der Waals surface area contributed by atoms with E-state index in [1.807, 2.05) is 6.07 Å². The van der Waals surface area contributed by atoms with Gasteiger partial charge in [0.25, 0.3) is 0 Å². The zero-order valence-electron chi connectivity index (χ0n) is 18.0. The zero-order chi connectivity index (χ0) is 21.2. The highest BCUT2D eigenvalue weighted by Gasteiger charge is 2.18. The predicted molar refractivity (Wildman–Crippen MR) is 136 cm³/mol. The summed E-state index contributed by atoms with van der Waals surface area (Å²) in [4.78, 5) is 0. The van der Waals surface area contributed by atoms with Gasteiger partial charge in [0, 0.05) is 10.8 Å². The van der Waals surface area contributed by atoms with E-state index in [9.17, 15) is 0 Å². The fourth-order valence-electron chi connectivity index (χ4n) is 5.54. The van der Waals surface area contributed by atoms with Crippen molar-refractivity contribution in [2.45, 2.75) is 19.8 Å². The van der Waals surface area contributed by atoms with Gasteiger partial charge in [0.15, 0.2) is 0 Å². The van der Waals surface area contributed by atoms with Gasteiger partial charge in [-0.2, -0.15) is 0 Å². The van der Waals surface area contributed by atoms with Crippen LogP contribution in [0.2, 0.25) is 0 Å². The minimum Gasteiger partial charge on any atom is -0.456 e. The molecule has 0 saturated carbocycles. The molecule has 152 valence electrons. The van der Waals surface area contributed by atoms with Gasteiger partial charge in [0.2, 0.25) is 0 Å². The highest BCUT2D eigenvalue weighted by Crippen LogP contribution is 2.42. The Labute approximate surface area is 186 Å². The van der Waals surface area contributed by atoms with Gasteiger partial charge < -0.3 is 4.42 Å². The Morgan fingerprint density at radius 3 is 2.41 bits per heavy atom. The number of hydrogen-bond acceptors (Lipinski definition) is 1. The summed E-state index contributed by atoms with van der Waals surface area (Å²) in [5, 5.41) is 7.82. The van der Waals surface area contributed by atoms with E-state index in [2.05, 4.69) is 91.9 Å². The first-order chi connectivity index (χ1) is 15.8. The molecule has 0 aliphatic heterocycles. The molecule has 5 aromatic carbocycles. The topological polar surface area (TPSA) is 13.1 Å². The third-order valence-electron chi connectivity index (χ3n) is 7.06. The molecular weight excluding hydrogens is 388 g/mol. The van der Waals surface area contributed by atoms with Crippen molar-refractivity contribution in [2.24, 2.45) is 0 Å². The molecule has 1 aliphatic carbocycles. The number of para-hydroxylation sites is 1. The normalized spacial score (nSPS) is 13.4. The molecule has 0 saturated heterocycles. The van der Waals surface area contributed by atoms with Crippen LogP contribution < -0.4 is 0 Å². The summed E-state index contributed by atoms with van der Waals surface area (Å²) in [7, 11) is 0. The van der Waals surface area contributed by atoms with E-state index in [1.54, 1.807) is 0 Å². The molecule has 32 heavy (non-hydrogen) atoms. The molecular formula is C31H22O. The van der Waals surface area contributed by atoms with Crippen molar-refractivity contribution in [3.8, 4) is 11.1 Å². The molecule has 7 rings (SSSR count). The van der Waals surface area contributed by atoms with Crippen LogP contribution in [0.3, 0.4) is 0 Å². The van der Waals surface area contributed by atoms with Crippen LogP contribution in [0.15, 0.2) is 89.4 Å². The zero-order valence-corrected chi connectivity index (χ0v) is 18.0. The maximum atomic E-state index is 6.27. The van der Waals surface area contributed by atoms with Crippen LogP contribution in [-0.4, -0.2) is 0 Å². The molecule has 0 bridgehead atoms. The fourth-order valence-corrected chi connectivity index (χ4v) is 5.54. The third-order valence-corrected chi connectivity index (χ3v) is 7.06. The minimum atomic E-state index is 0.951. The van der Waals surface area contributed by atoms with Crippen LogP contribution in [0.1, 0.15) is 23.1 Å². The fraction of sp³-hybridized carbons (Fsp3) is 0.0968. The van der Waals surface area contributed by atoms with Gasteiger partial charge in [-0.1, -0.05) is 78.9 Å². The summed E-state index contributed by atoms with van der Waals surface area (Å²) in [6.45, 7) is 2.13. The molecule has 0 N–H and O–H groups in total. The lowest BCUT2D eigenvalue weighted by Gasteiger charge is -2.19. The van der Waals surface area contributed by atoms with Crippen molar-refractivity contribution in [2.75, 3.05) is 0 Å². The highest BCUT2D eigenvalue weighted by molar-refractivity contribution is 6.16. The standard InChI is InChI=1S/C31H22O/c1-19-14-16-21(30-27-12-6-7-13-29(27)32-31(19)30)20-15-17-26-24-10-3-2-8-22(24)23-9-4-5-11-25(23)28(26)18-20/h2-4,6-10,12-18H,5,11H2,1H3. The molecule has 1 aliphatic rings. The summed E-state index contributed by atoms with van der Waals surface area (Å²) >= 11 is 0. The quantitative estimate of drug-likeness (QED) is 0.247. The molecule has 0 radical (unpaired) electrons. The summed E-state index contributed by atoms with van der Waals surface area (Å²) < 4.78 is 6.27. The van der Waals surface area contributed by atoms with Crippen molar-refractivity contribution in [3.63, 3.8) is 0 Å². The van der Waals surface area contributed by atoms with Gasteiger partial charge in [-0.25, -0.2) is 0 Å². The Balaban J connectivity index is 1.59. The van der Waals surface area contributed by atoms with Crippen molar-refractivity contribution < 1.29 is 4.42 Å². The Kier molecular flexibility index (Phi) is 3.66. The second-order valence-corrected chi connectivity index (χ2v) is 8.87. The molecule has 0 fully saturated rings. The Morgan fingerprint density at radius 1 is 0.719 bits per heavy atom. The van der Waals surface area contributed by atoms with Crippen molar-refractivity contribution in [1.82, 2.24) is 0 Å².